The Morgan fingerprint density at radius 1 is 1.18 bits per heavy atom. The molecule has 1 atom stereocenters. The van der Waals surface area contributed by atoms with E-state index in [0.717, 1.165) is 62.0 Å². The van der Waals surface area contributed by atoms with E-state index in [1.54, 1.807) is 0 Å². The molecule has 0 bridgehead atoms. The molecule has 0 amide bonds. The molecule has 0 spiro atoms. The van der Waals surface area contributed by atoms with Crippen molar-refractivity contribution in [3.63, 3.8) is 0 Å². The zero-order chi connectivity index (χ0) is 19.7. The Morgan fingerprint density at radius 3 is 2.71 bits per heavy atom. The third-order valence-electron chi connectivity index (χ3n) is 6.24. The van der Waals surface area contributed by atoms with Gasteiger partial charge >= 0.3 is 0 Å². The number of hydrogen-bond acceptors (Lipinski definition) is 4. The van der Waals surface area contributed by atoms with Crippen LogP contribution < -0.4 is 4.90 Å². The SMILES string of the molecule is CCCC1CN(c2nc3cc(Cl)nc(Cl)c3n2CC2CCC(C)CC2)CCO1. The van der Waals surface area contributed by atoms with Crippen LogP contribution in [0.5, 0.6) is 0 Å². The zero-order valence-corrected chi connectivity index (χ0v) is 18.3. The highest BCUT2D eigenvalue weighted by atomic mass is 35.5. The molecule has 0 N–H and O–H groups in total. The average Bonchev–Trinajstić information content (AvgIpc) is 3.02. The Balaban J connectivity index is 1.69. The van der Waals surface area contributed by atoms with Crippen LogP contribution in [0.25, 0.3) is 11.0 Å². The summed E-state index contributed by atoms with van der Waals surface area (Å²) < 4.78 is 8.25. The highest BCUT2D eigenvalue weighted by Gasteiger charge is 2.28. The topological polar surface area (TPSA) is 43.2 Å². The largest absolute Gasteiger partial charge is 0.375 e. The fourth-order valence-electron chi connectivity index (χ4n) is 4.65. The molecule has 154 valence electrons. The Morgan fingerprint density at radius 2 is 1.96 bits per heavy atom. The third kappa shape index (κ3) is 4.27. The van der Waals surface area contributed by atoms with Crippen LogP contribution in [0.15, 0.2) is 6.07 Å². The fourth-order valence-corrected chi connectivity index (χ4v) is 5.17. The first-order valence-corrected chi connectivity index (χ1v) is 11.4. The van der Waals surface area contributed by atoms with Crippen LogP contribution in [0, 0.1) is 11.8 Å². The highest BCUT2D eigenvalue weighted by molar-refractivity contribution is 6.36. The van der Waals surface area contributed by atoms with Crippen LogP contribution in [0.3, 0.4) is 0 Å². The molecular formula is C21H30Cl2N4O. The zero-order valence-electron chi connectivity index (χ0n) is 16.8. The van der Waals surface area contributed by atoms with E-state index in [1.165, 1.54) is 25.7 Å². The van der Waals surface area contributed by atoms with Crippen LogP contribution in [-0.4, -0.2) is 40.3 Å². The Hall–Kier alpha value is -1.04. The number of halogens is 2. The van der Waals surface area contributed by atoms with Crippen molar-refractivity contribution in [3.05, 3.63) is 16.4 Å². The van der Waals surface area contributed by atoms with Gasteiger partial charge in [-0.25, -0.2) is 9.97 Å². The lowest BCUT2D eigenvalue weighted by Crippen LogP contribution is -2.43. The molecule has 5 nitrogen and oxygen atoms in total. The molecule has 2 aliphatic rings. The van der Waals surface area contributed by atoms with Gasteiger partial charge < -0.3 is 14.2 Å². The number of anilines is 1. The molecule has 7 heteroatoms. The summed E-state index contributed by atoms with van der Waals surface area (Å²) in [7, 11) is 0. The predicted octanol–water partition coefficient (Wildman–Crippen LogP) is 5.57. The fraction of sp³-hybridized carbons (Fsp3) is 0.714. The minimum atomic E-state index is 0.264. The summed E-state index contributed by atoms with van der Waals surface area (Å²) in [5, 5.41) is 0.842. The lowest BCUT2D eigenvalue weighted by molar-refractivity contribution is 0.0340. The Labute approximate surface area is 177 Å². The van der Waals surface area contributed by atoms with Gasteiger partial charge in [-0.05, 0) is 31.1 Å². The van der Waals surface area contributed by atoms with E-state index in [4.69, 9.17) is 32.9 Å². The molecule has 0 aromatic carbocycles. The number of aromatic nitrogens is 3. The summed E-state index contributed by atoms with van der Waals surface area (Å²) in [6.07, 6.45) is 7.60. The van der Waals surface area contributed by atoms with Crippen molar-refractivity contribution in [2.75, 3.05) is 24.6 Å². The molecule has 2 aromatic heterocycles. The summed E-state index contributed by atoms with van der Waals surface area (Å²) in [5.74, 6) is 2.49. The van der Waals surface area contributed by atoms with E-state index in [9.17, 15) is 0 Å². The normalized spacial score (nSPS) is 26.1. The van der Waals surface area contributed by atoms with Crippen molar-refractivity contribution in [3.8, 4) is 0 Å². The van der Waals surface area contributed by atoms with Crippen molar-refractivity contribution in [1.29, 1.82) is 0 Å². The van der Waals surface area contributed by atoms with Gasteiger partial charge in [-0.3, -0.25) is 0 Å². The van der Waals surface area contributed by atoms with Gasteiger partial charge in [0.25, 0.3) is 0 Å². The molecule has 2 aromatic rings. The highest BCUT2D eigenvalue weighted by Crippen LogP contribution is 2.35. The smallest absolute Gasteiger partial charge is 0.206 e. The lowest BCUT2D eigenvalue weighted by Gasteiger charge is -2.35. The van der Waals surface area contributed by atoms with Gasteiger partial charge in [0, 0.05) is 25.7 Å². The van der Waals surface area contributed by atoms with Crippen LogP contribution in [0.2, 0.25) is 10.3 Å². The molecule has 28 heavy (non-hydrogen) atoms. The summed E-state index contributed by atoms with van der Waals surface area (Å²) in [4.78, 5) is 11.6. The second-order valence-electron chi connectivity index (χ2n) is 8.48. The summed E-state index contributed by atoms with van der Waals surface area (Å²) in [6.45, 7) is 7.97. The molecule has 0 radical (unpaired) electrons. The maximum Gasteiger partial charge on any atom is 0.206 e. The summed E-state index contributed by atoms with van der Waals surface area (Å²) in [5.41, 5.74) is 1.75. The number of ether oxygens (including phenoxy) is 1. The molecule has 1 saturated heterocycles. The van der Waals surface area contributed by atoms with E-state index in [0.29, 0.717) is 16.2 Å². The third-order valence-corrected chi connectivity index (χ3v) is 6.70. The van der Waals surface area contributed by atoms with Crippen molar-refractivity contribution in [2.45, 2.75) is 65.0 Å². The van der Waals surface area contributed by atoms with Crippen LogP contribution in [0.4, 0.5) is 5.95 Å². The average molecular weight is 425 g/mol. The Bertz CT molecular complexity index is 814. The second kappa shape index (κ2) is 8.76. The summed E-state index contributed by atoms with van der Waals surface area (Å²) in [6, 6.07) is 1.83. The van der Waals surface area contributed by atoms with Gasteiger partial charge in [0.2, 0.25) is 5.95 Å². The van der Waals surface area contributed by atoms with Crippen molar-refractivity contribution in [2.24, 2.45) is 11.8 Å². The lowest BCUT2D eigenvalue weighted by atomic mass is 9.83. The number of rotatable bonds is 5. The van der Waals surface area contributed by atoms with Gasteiger partial charge in [0.15, 0.2) is 5.15 Å². The van der Waals surface area contributed by atoms with E-state index >= 15 is 0 Å². The standard InChI is InChI=1S/C21H30Cl2N4O/c1-3-4-16-13-26(9-10-28-16)21-24-17-11-18(22)25-20(23)19(17)27(21)12-15-7-5-14(2)6-8-15/h11,14-16H,3-10,12-13H2,1-2H3. The van der Waals surface area contributed by atoms with Gasteiger partial charge in [-0.15, -0.1) is 0 Å². The maximum absolute atomic E-state index is 6.54. The number of nitrogens with zero attached hydrogens (tertiary/aromatic N) is 4. The number of imidazole rings is 1. The molecule has 1 saturated carbocycles. The molecule has 2 fully saturated rings. The quantitative estimate of drug-likeness (QED) is 0.588. The van der Waals surface area contributed by atoms with E-state index in [1.807, 2.05) is 6.07 Å². The van der Waals surface area contributed by atoms with Crippen LogP contribution in [0.1, 0.15) is 52.4 Å². The van der Waals surface area contributed by atoms with Gasteiger partial charge in [-0.1, -0.05) is 56.3 Å². The first-order chi connectivity index (χ1) is 13.5. The minimum Gasteiger partial charge on any atom is -0.375 e. The van der Waals surface area contributed by atoms with Crippen molar-refractivity contribution in [1.82, 2.24) is 14.5 Å². The van der Waals surface area contributed by atoms with E-state index in [2.05, 4.69) is 28.3 Å². The van der Waals surface area contributed by atoms with Crippen LogP contribution in [-0.2, 0) is 11.3 Å². The number of morpholine rings is 1. The molecule has 4 rings (SSSR count). The molecule has 3 heterocycles. The first kappa shape index (κ1) is 20.2. The molecular weight excluding hydrogens is 395 g/mol. The monoisotopic (exact) mass is 424 g/mol. The predicted molar refractivity (Wildman–Crippen MR) is 116 cm³/mol. The van der Waals surface area contributed by atoms with Gasteiger partial charge in [0.1, 0.15) is 10.7 Å². The van der Waals surface area contributed by atoms with E-state index in [-0.39, 0.29) is 6.10 Å². The molecule has 1 aliphatic carbocycles. The van der Waals surface area contributed by atoms with E-state index < -0.39 is 0 Å². The minimum absolute atomic E-state index is 0.264. The summed E-state index contributed by atoms with van der Waals surface area (Å²) >= 11 is 12.7. The van der Waals surface area contributed by atoms with Crippen molar-refractivity contribution >= 4 is 40.2 Å². The molecule has 1 aliphatic heterocycles. The number of pyridine rings is 1. The number of fused-ring (bicyclic) bond motifs is 1. The first-order valence-electron chi connectivity index (χ1n) is 10.6. The molecule has 1 unspecified atom stereocenters. The van der Waals surface area contributed by atoms with Gasteiger partial charge in [-0.2, -0.15) is 0 Å². The maximum atomic E-state index is 6.54. The van der Waals surface area contributed by atoms with Crippen molar-refractivity contribution < 1.29 is 4.74 Å². The van der Waals surface area contributed by atoms with Crippen LogP contribution >= 0.6 is 23.2 Å². The second-order valence-corrected chi connectivity index (χ2v) is 9.22. The Kier molecular flexibility index (Phi) is 6.34. The number of hydrogen-bond donors (Lipinski definition) is 0. The van der Waals surface area contributed by atoms with Gasteiger partial charge in [0.05, 0.1) is 18.2 Å².